The number of benzene rings is 1. The van der Waals surface area contributed by atoms with Gasteiger partial charge in [0.1, 0.15) is 11.3 Å². The van der Waals surface area contributed by atoms with E-state index in [-0.39, 0.29) is 5.82 Å². The molecule has 0 saturated carbocycles. The van der Waals surface area contributed by atoms with Crippen molar-refractivity contribution in [1.29, 1.82) is 0 Å². The first-order valence-corrected chi connectivity index (χ1v) is 8.92. The van der Waals surface area contributed by atoms with Crippen molar-refractivity contribution in [3.8, 4) is 11.5 Å². The van der Waals surface area contributed by atoms with Crippen LogP contribution in [-0.4, -0.2) is 30.6 Å². The highest BCUT2D eigenvalue weighted by molar-refractivity contribution is 5.93. The SMILES string of the molecule is O=C(Nc1ccc2ncc(-c3cc4ccccc4o3)n2n1)C(O)c1cccnc1. The first-order valence-electron chi connectivity index (χ1n) is 8.92. The highest BCUT2D eigenvalue weighted by Crippen LogP contribution is 2.28. The number of fused-ring (bicyclic) bond motifs is 2. The minimum absolute atomic E-state index is 0.279. The van der Waals surface area contributed by atoms with Crippen molar-refractivity contribution >= 4 is 28.3 Å². The lowest BCUT2D eigenvalue weighted by Crippen LogP contribution is -2.22. The summed E-state index contributed by atoms with van der Waals surface area (Å²) in [6.45, 7) is 0. The number of aliphatic hydroxyl groups is 1. The van der Waals surface area contributed by atoms with E-state index in [1.54, 1.807) is 41.2 Å². The smallest absolute Gasteiger partial charge is 0.259 e. The monoisotopic (exact) mass is 385 g/mol. The highest BCUT2D eigenvalue weighted by Gasteiger charge is 2.19. The van der Waals surface area contributed by atoms with Crippen molar-refractivity contribution in [2.24, 2.45) is 0 Å². The molecule has 4 heterocycles. The number of hydrogen-bond donors (Lipinski definition) is 2. The molecule has 29 heavy (non-hydrogen) atoms. The van der Waals surface area contributed by atoms with Gasteiger partial charge in [0.15, 0.2) is 23.3 Å². The summed E-state index contributed by atoms with van der Waals surface area (Å²) in [4.78, 5) is 20.6. The molecule has 1 unspecified atom stereocenters. The van der Waals surface area contributed by atoms with Crippen LogP contribution in [0.2, 0.25) is 0 Å². The molecule has 5 aromatic rings. The Labute approximate surface area is 164 Å². The third kappa shape index (κ3) is 3.11. The van der Waals surface area contributed by atoms with Crippen LogP contribution in [0.15, 0.2) is 77.6 Å². The van der Waals surface area contributed by atoms with Gasteiger partial charge in [-0.2, -0.15) is 0 Å². The molecule has 0 aliphatic carbocycles. The molecule has 8 nitrogen and oxygen atoms in total. The van der Waals surface area contributed by atoms with Crippen LogP contribution in [0, 0.1) is 0 Å². The summed E-state index contributed by atoms with van der Waals surface area (Å²) in [6, 6.07) is 16.2. The molecular weight excluding hydrogens is 370 g/mol. The largest absolute Gasteiger partial charge is 0.454 e. The van der Waals surface area contributed by atoms with E-state index in [1.165, 1.54) is 6.20 Å². The molecule has 8 heteroatoms. The van der Waals surface area contributed by atoms with Crippen LogP contribution in [0.4, 0.5) is 5.82 Å². The summed E-state index contributed by atoms with van der Waals surface area (Å²) < 4.78 is 7.49. The van der Waals surface area contributed by atoms with Gasteiger partial charge >= 0.3 is 0 Å². The summed E-state index contributed by atoms with van der Waals surface area (Å²) in [6.07, 6.45) is 3.33. The number of pyridine rings is 1. The minimum Gasteiger partial charge on any atom is -0.454 e. The number of hydrogen-bond acceptors (Lipinski definition) is 6. The van der Waals surface area contributed by atoms with Gasteiger partial charge in [0.2, 0.25) is 0 Å². The Morgan fingerprint density at radius 2 is 2.00 bits per heavy atom. The molecule has 0 saturated heterocycles. The average Bonchev–Trinajstić information content (AvgIpc) is 3.37. The first-order chi connectivity index (χ1) is 14.2. The van der Waals surface area contributed by atoms with Crippen LogP contribution >= 0.6 is 0 Å². The van der Waals surface area contributed by atoms with Gasteiger partial charge in [-0.15, -0.1) is 5.10 Å². The highest BCUT2D eigenvalue weighted by atomic mass is 16.3. The third-order valence-corrected chi connectivity index (χ3v) is 4.54. The molecule has 0 aliphatic rings. The number of imidazole rings is 1. The summed E-state index contributed by atoms with van der Waals surface area (Å²) in [5.74, 6) is 0.293. The number of aliphatic hydroxyl groups excluding tert-OH is 1. The second-order valence-corrected chi connectivity index (χ2v) is 6.46. The standard InChI is InChI=1S/C21H15N5O3/c27-20(14-5-3-9-22-11-14)21(28)24-18-7-8-19-23-12-15(26(19)25-18)17-10-13-4-1-2-6-16(13)29-17/h1-12,20,27H,(H,24,25,28). The van der Waals surface area contributed by atoms with Gasteiger partial charge < -0.3 is 14.8 Å². The van der Waals surface area contributed by atoms with Crippen LogP contribution < -0.4 is 5.32 Å². The maximum Gasteiger partial charge on any atom is 0.259 e. The fourth-order valence-corrected chi connectivity index (χ4v) is 3.10. The molecule has 0 aliphatic heterocycles. The maximum absolute atomic E-state index is 12.4. The molecule has 0 bridgehead atoms. The zero-order chi connectivity index (χ0) is 19.8. The molecule has 5 rings (SSSR count). The molecular formula is C21H15N5O3. The van der Waals surface area contributed by atoms with Gasteiger partial charge in [0.25, 0.3) is 5.91 Å². The molecule has 142 valence electrons. The van der Waals surface area contributed by atoms with Crippen LogP contribution in [0.25, 0.3) is 28.1 Å². The Balaban J connectivity index is 1.47. The van der Waals surface area contributed by atoms with E-state index in [1.807, 2.05) is 30.3 Å². The third-order valence-electron chi connectivity index (χ3n) is 4.54. The number of nitrogens with zero attached hydrogens (tertiary/aromatic N) is 4. The Kier molecular flexibility index (Phi) is 4.03. The van der Waals surface area contributed by atoms with Crippen molar-refractivity contribution in [3.05, 3.63) is 78.8 Å². The fourth-order valence-electron chi connectivity index (χ4n) is 3.10. The topological polar surface area (TPSA) is 106 Å². The van der Waals surface area contributed by atoms with Crippen LogP contribution in [-0.2, 0) is 4.79 Å². The predicted molar refractivity (Wildman–Crippen MR) is 106 cm³/mol. The lowest BCUT2D eigenvalue weighted by atomic mass is 10.1. The normalized spacial score (nSPS) is 12.3. The number of carbonyl (C=O) groups excluding carboxylic acids is 1. The first kappa shape index (κ1) is 17.1. The van der Waals surface area contributed by atoms with Crippen molar-refractivity contribution in [2.45, 2.75) is 6.10 Å². The summed E-state index contributed by atoms with van der Waals surface area (Å²) in [5.41, 5.74) is 2.42. The van der Waals surface area contributed by atoms with E-state index in [4.69, 9.17) is 4.42 Å². The Morgan fingerprint density at radius 3 is 2.83 bits per heavy atom. The van der Waals surface area contributed by atoms with Crippen LogP contribution in [0.3, 0.4) is 0 Å². The van der Waals surface area contributed by atoms with Crippen LogP contribution in [0.1, 0.15) is 11.7 Å². The number of para-hydroxylation sites is 1. The second kappa shape index (κ2) is 6.84. The molecule has 1 aromatic carbocycles. The number of furan rings is 1. The molecule has 1 atom stereocenters. The van der Waals surface area contributed by atoms with E-state index in [0.717, 1.165) is 11.0 Å². The van der Waals surface area contributed by atoms with Gasteiger partial charge in [-0.1, -0.05) is 24.3 Å². The van der Waals surface area contributed by atoms with Crippen molar-refractivity contribution < 1.29 is 14.3 Å². The lowest BCUT2D eigenvalue weighted by Gasteiger charge is -2.11. The molecule has 1 amide bonds. The fraction of sp³-hybridized carbons (Fsp3) is 0.0476. The van der Waals surface area contributed by atoms with Crippen molar-refractivity contribution in [1.82, 2.24) is 19.6 Å². The number of rotatable bonds is 4. The summed E-state index contributed by atoms with van der Waals surface area (Å²) in [5, 5.41) is 18.3. The number of carbonyl (C=O) groups is 1. The zero-order valence-electron chi connectivity index (χ0n) is 15.1. The lowest BCUT2D eigenvalue weighted by molar-refractivity contribution is -0.124. The zero-order valence-corrected chi connectivity index (χ0v) is 15.1. The second-order valence-electron chi connectivity index (χ2n) is 6.46. The maximum atomic E-state index is 12.4. The van der Waals surface area contributed by atoms with Gasteiger partial charge in [0.05, 0.1) is 6.20 Å². The molecule has 0 radical (unpaired) electrons. The van der Waals surface area contributed by atoms with E-state index in [2.05, 4.69) is 20.4 Å². The average molecular weight is 385 g/mol. The van der Waals surface area contributed by atoms with Gasteiger partial charge in [-0.25, -0.2) is 9.50 Å². The van der Waals surface area contributed by atoms with Gasteiger partial charge in [-0.05, 0) is 30.3 Å². The summed E-state index contributed by atoms with van der Waals surface area (Å²) >= 11 is 0. The Morgan fingerprint density at radius 1 is 1.10 bits per heavy atom. The van der Waals surface area contributed by atoms with E-state index >= 15 is 0 Å². The number of nitrogens with one attached hydrogen (secondary N) is 1. The molecule has 0 spiro atoms. The van der Waals surface area contributed by atoms with E-state index < -0.39 is 12.0 Å². The molecule has 2 N–H and O–H groups in total. The number of aromatic nitrogens is 4. The number of amides is 1. The van der Waals surface area contributed by atoms with Gasteiger partial charge in [0, 0.05) is 23.3 Å². The van der Waals surface area contributed by atoms with Crippen molar-refractivity contribution in [3.63, 3.8) is 0 Å². The quantitative estimate of drug-likeness (QED) is 0.492. The van der Waals surface area contributed by atoms with E-state index in [0.29, 0.717) is 22.7 Å². The van der Waals surface area contributed by atoms with Crippen LogP contribution in [0.5, 0.6) is 0 Å². The van der Waals surface area contributed by atoms with Gasteiger partial charge in [-0.3, -0.25) is 9.78 Å². The minimum atomic E-state index is -1.35. The summed E-state index contributed by atoms with van der Waals surface area (Å²) in [7, 11) is 0. The predicted octanol–water partition coefficient (Wildman–Crippen LogP) is 3.21. The Bertz CT molecular complexity index is 1290. The number of anilines is 1. The molecule has 4 aromatic heterocycles. The molecule has 0 fully saturated rings. The Hall–Kier alpha value is -4.04. The van der Waals surface area contributed by atoms with Crippen molar-refractivity contribution in [2.75, 3.05) is 5.32 Å². The van der Waals surface area contributed by atoms with E-state index in [9.17, 15) is 9.90 Å².